The molecule has 7 heteroatoms. The first-order valence-corrected chi connectivity index (χ1v) is 11.4. The second-order valence-corrected chi connectivity index (χ2v) is 10.1. The molecule has 0 aromatic heterocycles. The summed E-state index contributed by atoms with van der Waals surface area (Å²) < 4.78 is 27.4. The van der Waals surface area contributed by atoms with E-state index in [-0.39, 0.29) is 24.4 Å². The molecular formula is C20H32N3O3S+. The van der Waals surface area contributed by atoms with E-state index >= 15 is 0 Å². The molecule has 2 heterocycles. The predicted molar refractivity (Wildman–Crippen MR) is 105 cm³/mol. The van der Waals surface area contributed by atoms with Crippen LogP contribution >= 0.6 is 0 Å². The number of nitrogens with one attached hydrogen (secondary N) is 1. The highest BCUT2D eigenvalue weighted by Crippen LogP contribution is 2.26. The van der Waals surface area contributed by atoms with Crippen molar-refractivity contribution in [2.24, 2.45) is 5.92 Å². The fourth-order valence-corrected chi connectivity index (χ4v) is 5.70. The van der Waals surface area contributed by atoms with Crippen LogP contribution in [0.3, 0.4) is 0 Å². The first-order chi connectivity index (χ1) is 12.8. The highest BCUT2D eigenvalue weighted by atomic mass is 32.2. The van der Waals surface area contributed by atoms with E-state index < -0.39 is 10.0 Å². The van der Waals surface area contributed by atoms with Crippen LogP contribution in [0.15, 0.2) is 29.2 Å². The molecule has 0 bridgehead atoms. The molecule has 2 fully saturated rings. The van der Waals surface area contributed by atoms with Crippen LogP contribution < -0.4 is 4.90 Å². The lowest BCUT2D eigenvalue weighted by Gasteiger charge is -2.37. The number of amides is 1. The van der Waals surface area contributed by atoms with Gasteiger partial charge < -0.3 is 9.80 Å². The minimum Gasteiger partial charge on any atom is -0.342 e. The first kappa shape index (κ1) is 20.3. The average Bonchev–Trinajstić information content (AvgIpc) is 2.68. The Labute approximate surface area is 163 Å². The monoisotopic (exact) mass is 394 g/mol. The summed E-state index contributed by atoms with van der Waals surface area (Å²) in [6, 6.07) is 7.22. The van der Waals surface area contributed by atoms with Gasteiger partial charge in [0.25, 0.3) is 0 Å². The summed E-state index contributed by atoms with van der Waals surface area (Å²) in [5, 5.41) is 0. The fraction of sp³-hybridized carbons (Fsp3) is 0.650. The normalized spacial score (nSPS) is 27.3. The Hall–Kier alpha value is -1.44. The summed E-state index contributed by atoms with van der Waals surface area (Å²) in [6.07, 6.45) is 3.53. The molecule has 27 heavy (non-hydrogen) atoms. The molecule has 2 aliphatic rings. The summed E-state index contributed by atoms with van der Waals surface area (Å²) in [5.41, 5.74) is 1.03. The van der Waals surface area contributed by atoms with Crippen molar-refractivity contribution in [1.82, 2.24) is 9.21 Å². The Morgan fingerprint density at radius 2 is 1.78 bits per heavy atom. The number of hydrogen-bond donors (Lipinski definition) is 1. The highest BCUT2D eigenvalue weighted by Gasteiger charge is 2.36. The molecule has 1 atom stereocenters. The van der Waals surface area contributed by atoms with Gasteiger partial charge >= 0.3 is 0 Å². The van der Waals surface area contributed by atoms with E-state index in [4.69, 9.17) is 0 Å². The van der Waals surface area contributed by atoms with Crippen LogP contribution in [-0.4, -0.2) is 69.8 Å². The second kappa shape index (κ2) is 8.29. The molecule has 0 unspecified atom stereocenters. The Balaban J connectivity index is 1.68. The molecule has 6 nitrogen and oxygen atoms in total. The van der Waals surface area contributed by atoms with Gasteiger partial charge in [0.2, 0.25) is 15.9 Å². The quantitative estimate of drug-likeness (QED) is 0.810. The third-order valence-corrected chi connectivity index (χ3v) is 7.98. The predicted octanol–water partition coefficient (Wildman–Crippen LogP) is 0.531. The summed E-state index contributed by atoms with van der Waals surface area (Å²) in [5.74, 6) is -0.140. The number of hydrogen-bond acceptors (Lipinski definition) is 3. The first-order valence-electron chi connectivity index (χ1n) is 9.94. The van der Waals surface area contributed by atoms with E-state index in [1.165, 1.54) is 9.21 Å². The van der Waals surface area contributed by atoms with E-state index in [2.05, 4.69) is 7.05 Å². The number of carbonyl (C=O) groups excluding carboxylic acids is 1. The summed E-state index contributed by atoms with van der Waals surface area (Å²) in [7, 11) is 0.534. The van der Waals surface area contributed by atoms with Gasteiger partial charge in [-0.25, -0.2) is 8.42 Å². The molecule has 2 aliphatic heterocycles. The molecule has 0 spiro atoms. The highest BCUT2D eigenvalue weighted by molar-refractivity contribution is 7.89. The number of quaternary nitrogens is 1. The molecule has 1 aromatic rings. The minimum atomic E-state index is -3.54. The van der Waals surface area contributed by atoms with Gasteiger partial charge in [-0.05, 0) is 31.9 Å². The van der Waals surface area contributed by atoms with Crippen molar-refractivity contribution in [3.05, 3.63) is 29.8 Å². The summed E-state index contributed by atoms with van der Waals surface area (Å²) >= 11 is 0. The van der Waals surface area contributed by atoms with Gasteiger partial charge in [0, 0.05) is 39.0 Å². The third-order valence-electron chi connectivity index (χ3n) is 6.10. The standard InChI is InChI=1S/C20H31N3O3S/c1-16-6-8-19(9-7-16)27(25,26)23-12-4-5-17(15-23)20(24)22(3)18-10-13-21(2)14-11-18/h6-9,17-18H,4-5,10-15H2,1-3H3/p+1/t17-/m0/s1. The van der Waals surface area contributed by atoms with Crippen LogP contribution in [0.1, 0.15) is 31.2 Å². The van der Waals surface area contributed by atoms with Crippen molar-refractivity contribution in [3.8, 4) is 0 Å². The number of sulfonamides is 1. The SMILES string of the molecule is Cc1ccc(S(=O)(=O)N2CCC[C@H](C(=O)N(C)C3CC[NH+](C)CC3)C2)cc1. The zero-order valence-electron chi connectivity index (χ0n) is 16.6. The lowest BCUT2D eigenvalue weighted by atomic mass is 9.96. The van der Waals surface area contributed by atoms with Crippen LogP contribution in [0.5, 0.6) is 0 Å². The third kappa shape index (κ3) is 4.52. The Morgan fingerprint density at radius 3 is 2.41 bits per heavy atom. The molecule has 150 valence electrons. The van der Waals surface area contributed by atoms with Gasteiger partial charge in [-0.1, -0.05) is 17.7 Å². The lowest BCUT2D eigenvalue weighted by molar-refractivity contribution is -0.885. The fourth-order valence-electron chi connectivity index (χ4n) is 4.17. The van der Waals surface area contributed by atoms with Gasteiger partial charge in [-0.3, -0.25) is 4.79 Å². The number of benzene rings is 1. The van der Waals surface area contributed by atoms with E-state index in [1.807, 2.05) is 31.0 Å². The molecule has 3 rings (SSSR count). The van der Waals surface area contributed by atoms with Crippen molar-refractivity contribution >= 4 is 15.9 Å². The molecular weight excluding hydrogens is 362 g/mol. The van der Waals surface area contributed by atoms with Crippen LogP contribution in [0.2, 0.25) is 0 Å². The lowest BCUT2D eigenvalue weighted by Crippen LogP contribution is -3.10. The maximum Gasteiger partial charge on any atom is 0.243 e. The van der Waals surface area contributed by atoms with E-state index in [9.17, 15) is 13.2 Å². The largest absolute Gasteiger partial charge is 0.342 e. The van der Waals surface area contributed by atoms with Crippen molar-refractivity contribution in [2.45, 2.75) is 43.5 Å². The van der Waals surface area contributed by atoms with Crippen LogP contribution in [0, 0.1) is 12.8 Å². The zero-order valence-corrected chi connectivity index (χ0v) is 17.5. The Bertz CT molecular complexity index is 755. The van der Waals surface area contributed by atoms with Gasteiger partial charge in [-0.2, -0.15) is 4.31 Å². The number of rotatable bonds is 4. The molecule has 1 amide bonds. The summed E-state index contributed by atoms with van der Waals surface area (Å²) in [4.78, 5) is 16.7. The van der Waals surface area contributed by atoms with Gasteiger partial charge in [0.1, 0.15) is 0 Å². The number of aryl methyl sites for hydroxylation is 1. The Morgan fingerprint density at radius 1 is 1.15 bits per heavy atom. The maximum absolute atomic E-state index is 13.0. The number of carbonyl (C=O) groups is 1. The number of likely N-dealkylation sites (tertiary alicyclic amines) is 1. The van der Waals surface area contributed by atoms with Gasteiger partial charge in [-0.15, -0.1) is 0 Å². The zero-order chi connectivity index (χ0) is 19.6. The number of piperidine rings is 2. The average molecular weight is 395 g/mol. The molecule has 0 saturated carbocycles. The molecule has 0 aliphatic carbocycles. The Kier molecular flexibility index (Phi) is 6.23. The molecule has 0 radical (unpaired) electrons. The maximum atomic E-state index is 13.0. The molecule has 2 saturated heterocycles. The van der Waals surface area contributed by atoms with Crippen molar-refractivity contribution in [3.63, 3.8) is 0 Å². The second-order valence-electron chi connectivity index (χ2n) is 8.15. The van der Waals surface area contributed by atoms with E-state index in [1.54, 1.807) is 12.1 Å². The smallest absolute Gasteiger partial charge is 0.243 e. The van der Waals surface area contributed by atoms with Gasteiger partial charge in [0.15, 0.2) is 0 Å². The van der Waals surface area contributed by atoms with Crippen LogP contribution in [0.25, 0.3) is 0 Å². The molecule has 1 N–H and O–H groups in total. The van der Waals surface area contributed by atoms with E-state index in [0.717, 1.165) is 44.3 Å². The number of nitrogens with zero attached hydrogens (tertiary/aromatic N) is 2. The molecule has 1 aromatic carbocycles. The minimum absolute atomic E-state index is 0.100. The van der Waals surface area contributed by atoms with Crippen LogP contribution in [0.4, 0.5) is 0 Å². The van der Waals surface area contributed by atoms with Crippen molar-refractivity contribution in [1.29, 1.82) is 0 Å². The van der Waals surface area contributed by atoms with Crippen molar-refractivity contribution < 1.29 is 18.1 Å². The summed E-state index contributed by atoms with van der Waals surface area (Å²) in [6.45, 7) is 4.88. The van der Waals surface area contributed by atoms with E-state index in [0.29, 0.717) is 11.4 Å². The van der Waals surface area contributed by atoms with Gasteiger partial charge in [0.05, 0.1) is 31.0 Å². The topological polar surface area (TPSA) is 62.1 Å². The van der Waals surface area contributed by atoms with Crippen LogP contribution in [-0.2, 0) is 14.8 Å². The van der Waals surface area contributed by atoms with Crippen molar-refractivity contribution in [2.75, 3.05) is 40.3 Å².